The van der Waals surface area contributed by atoms with Crippen LogP contribution in [0.4, 0.5) is 0 Å². The highest BCUT2D eigenvalue weighted by atomic mass is 16.5. The van der Waals surface area contributed by atoms with Gasteiger partial charge in [0.25, 0.3) is 0 Å². The molecule has 0 radical (unpaired) electrons. The van der Waals surface area contributed by atoms with Gasteiger partial charge in [0.1, 0.15) is 11.8 Å². The van der Waals surface area contributed by atoms with Crippen LogP contribution in [0.25, 0.3) is 0 Å². The van der Waals surface area contributed by atoms with E-state index < -0.39 is 0 Å². The molecule has 5 heteroatoms. The van der Waals surface area contributed by atoms with Gasteiger partial charge in [0, 0.05) is 6.54 Å². The van der Waals surface area contributed by atoms with Crippen molar-refractivity contribution >= 4 is 5.97 Å². The number of aromatic nitrogens is 1. The standard InChI is InChI=1S/C11H16N2O3/c1-7-8(2)16-10(12-7)6-13-5-4-9(13)11(14)15-3/h9H,4-6H2,1-3H3. The normalized spacial score (nSPS) is 20.6. The Morgan fingerprint density at radius 3 is 2.81 bits per heavy atom. The van der Waals surface area contributed by atoms with E-state index in [0.29, 0.717) is 12.4 Å². The van der Waals surface area contributed by atoms with Gasteiger partial charge in [0.15, 0.2) is 0 Å². The molecule has 1 aromatic rings. The van der Waals surface area contributed by atoms with Gasteiger partial charge in [-0.05, 0) is 20.3 Å². The van der Waals surface area contributed by atoms with E-state index in [1.807, 2.05) is 18.7 Å². The van der Waals surface area contributed by atoms with Crippen LogP contribution in [0.1, 0.15) is 23.8 Å². The molecule has 1 unspecified atom stereocenters. The smallest absolute Gasteiger partial charge is 0.323 e. The third kappa shape index (κ3) is 1.95. The van der Waals surface area contributed by atoms with Crippen LogP contribution >= 0.6 is 0 Å². The third-order valence-corrected chi connectivity index (χ3v) is 3.01. The lowest BCUT2D eigenvalue weighted by molar-refractivity contribution is -0.152. The predicted molar refractivity (Wildman–Crippen MR) is 56.8 cm³/mol. The number of aryl methyl sites for hydroxylation is 2. The Morgan fingerprint density at radius 2 is 2.38 bits per heavy atom. The van der Waals surface area contributed by atoms with Gasteiger partial charge in [-0.15, -0.1) is 0 Å². The molecule has 0 amide bonds. The Hall–Kier alpha value is -1.36. The first kappa shape index (κ1) is 11.1. The van der Waals surface area contributed by atoms with Crippen LogP contribution in [0, 0.1) is 13.8 Å². The molecule has 2 heterocycles. The summed E-state index contributed by atoms with van der Waals surface area (Å²) < 4.78 is 10.2. The van der Waals surface area contributed by atoms with Gasteiger partial charge in [-0.2, -0.15) is 0 Å². The summed E-state index contributed by atoms with van der Waals surface area (Å²) in [6.07, 6.45) is 0.853. The molecule has 16 heavy (non-hydrogen) atoms. The topological polar surface area (TPSA) is 55.6 Å². The monoisotopic (exact) mass is 224 g/mol. The fraction of sp³-hybridized carbons (Fsp3) is 0.636. The summed E-state index contributed by atoms with van der Waals surface area (Å²) in [6, 6.07) is -0.127. The highest BCUT2D eigenvalue weighted by Crippen LogP contribution is 2.22. The van der Waals surface area contributed by atoms with Gasteiger partial charge in [0.2, 0.25) is 5.89 Å². The number of esters is 1. The molecule has 1 aliphatic rings. The van der Waals surface area contributed by atoms with E-state index in [0.717, 1.165) is 24.4 Å². The molecule has 2 rings (SSSR count). The predicted octanol–water partition coefficient (Wildman–Crippen LogP) is 1.04. The lowest BCUT2D eigenvalue weighted by Gasteiger charge is -2.37. The Bertz CT molecular complexity index is 380. The first-order chi connectivity index (χ1) is 7.61. The summed E-state index contributed by atoms with van der Waals surface area (Å²) in [7, 11) is 1.41. The second-order valence-electron chi connectivity index (χ2n) is 4.05. The molecule has 0 saturated carbocycles. The Kier molecular flexibility index (Phi) is 2.96. The number of carbonyl (C=O) groups excluding carboxylic acids is 1. The highest BCUT2D eigenvalue weighted by molar-refractivity contribution is 5.76. The molecule has 1 fully saturated rings. The van der Waals surface area contributed by atoms with Gasteiger partial charge in [-0.3, -0.25) is 9.69 Å². The van der Waals surface area contributed by atoms with E-state index in [4.69, 9.17) is 9.15 Å². The summed E-state index contributed by atoms with van der Waals surface area (Å²) in [5.41, 5.74) is 0.908. The van der Waals surface area contributed by atoms with E-state index in [9.17, 15) is 4.79 Å². The van der Waals surface area contributed by atoms with Crippen molar-refractivity contribution in [2.75, 3.05) is 13.7 Å². The van der Waals surface area contributed by atoms with Crippen molar-refractivity contribution < 1.29 is 13.9 Å². The number of likely N-dealkylation sites (tertiary alicyclic amines) is 1. The molecule has 5 nitrogen and oxygen atoms in total. The van der Waals surface area contributed by atoms with E-state index in [1.54, 1.807) is 0 Å². The summed E-state index contributed by atoms with van der Waals surface area (Å²) >= 11 is 0. The number of hydrogen-bond acceptors (Lipinski definition) is 5. The Labute approximate surface area is 94.4 Å². The largest absolute Gasteiger partial charge is 0.468 e. The van der Waals surface area contributed by atoms with Crippen molar-refractivity contribution in [3.63, 3.8) is 0 Å². The fourth-order valence-corrected chi connectivity index (χ4v) is 1.81. The molecule has 0 spiro atoms. The average molecular weight is 224 g/mol. The van der Waals surface area contributed by atoms with Gasteiger partial charge in [-0.1, -0.05) is 0 Å². The number of ether oxygens (including phenoxy) is 1. The van der Waals surface area contributed by atoms with Crippen LogP contribution in [-0.2, 0) is 16.1 Å². The second-order valence-corrected chi connectivity index (χ2v) is 4.05. The first-order valence-corrected chi connectivity index (χ1v) is 5.36. The maximum absolute atomic E-state index is 11.4. The minimum atomic E-state index is -0.175. The zero-order chi connectivity index (χ0) is 11.7. The number of carbonyl (C=O) groups is 1. The zero-order valence-corrected chi connectivity index (χ0v) is 9.82. The molecular formula is C11H16N2O3. The molecule has 1 saturated heterocycles. The first-order valence-electron chi connectivity index (χ1n) is 5.36. The quantitative estimate of drug-likeness (QED) is 0.718. The number of oxazole rings is 1. The number of nitrogens with zero attached hydrogens (tertiary/aromatic N) is 2. The van der Waals surface area contributed by atoms with Crippen LogP contribution < -0.4 is 0 Å². The minimum Gasteiger partial charge on any atom is -0.468 e. The molecule has 1 aliphatic heterocycles. The molecule has 0 bridgehead atoms. The van der Waals surface area contributed by atoms with E-state index >= 15 is 0 Å². The molecule has 0 N–H and O–H groups in total. The van der Waals surface area contributed by atoms with Crippen molar-refractivity contribution in [3.05, 3.63) is 17.3 Å². The molecule has 1 aromatic heterocycles. The van der Waals surface area contributed by atoms with Crippen LogP contribution in [0.2, 0.25) is 0 Å². The summed E-state index contributed by atoms with van der Waals surface area (Å²) in [5, 5.41) is 0. The van der Waals surface area contributed by atoms with Crippen molar-refractivity contribution in [3.8, 4) is 0 Å². The lowest BCUT2D eigenvalue weighted by Crippen LogP contribution is -2.52. The Morgan fingerprint density at radius 1 is 1.62 bits per heavy atom. The van der Waals surface area contributed by atoms with Gasteiger partial charge < -0.3 is 9.15 Å². The number of methoxy groups -OCH3 is 1. The highest BCUT2D eigenvalue weighted by Gasteiger charge is 2.35. The molecule has 0 aromatic carbocycles. The maximum Gasteiger partial charge on any atom is 0.323 e. The lowest BCUT2D eigenvalue weighted by atomic mass is 10.0. The second kappa shape index (κ2) is 4.25. The van der Waals surface area contributed by atoms with E-state index in [2.05, 4.69) is 4.98 Å². The molecule has 1 atom stereocenters. The summed E-state index contributed by atoms with van der Waals surface area (Å²) in [4.78, 5) is 17.7. The number of hydrogen-bond donors (Lipinski definition) is 0. The minimum absolute atomic E-state index is 0.127. The average Bonchev–Trinajstić information content (AvgIpc) is 2.53. The zero-order valence-electron chi connectivity index (χ0n) is 9.82. The Balaban J connectivity index is 1.98. The van der Waals surface area contributed by atoms with Crippen LogP contribution in [0.5, 0.6) is 0 Å². The summed E-state index contributed by atoms with van der Waals surface area (Å²) in [6.45, 7) is 5.27. The maximum atomic E-state index is 11.4. The fourth-order valence-electron chi connectivity index (χ4n) is 1.81. The SMILES string of the molecule is COC(=O)C1CCN1Cc1nc(C)c(C)o1. The van der Waals surface area contributed by atoms with Crippen LogP contribution in [0.15, 0.2) is 4.42 Å². The van der Waals surface area contributed by atoms with E-state index in [-0.39, 0.29) is 12.0 Å². The van der Waals surface area contributed by atoms with Gasteiger partial charge >= 0.3 is 5.97 Å². The van der Waals surface area contributed by atoms with Crippen LogP contribution in [0.3, 0.4) is 0 Å². The number of rotatable bonds is 3. The molecule has 0 aliphatic carbocycles. The summed E-state index contributed by atoms with van der Waals surface area (Å²) in [5.74, 6) is 1.33. The van der Waals surface area contributed by atoms with Crippen molar-refractivity contribution in [1.29, 1.82) is 0 Å². The molecular weight excluding hydrogens is 208 g/mol. The van der Waals surface area contributed by atoms with Gasteiger partial charge in [-0.25, -0.2) is 4.98 Å². The van der Waals surface area contributed by atoms with Crippen molar-refractivity contribution in [2.24, 2.45) is 0 Å². The van der Waals surface area contributed by atoms with Gasteiger partial charge in [0.05, 0.1) is 19.3 Å². The third-order valence-electron chi connectivity index (χ3n) is 3.01. The van der Waals surface area contributed by atoms with Crippen LogP contribution in [-0.4, -0.2) is 35.5 Å². The van der Waals surface area contributed by atoms with Crippen molar-refractivity contribution in [2.45, 2.75) is 32.9 Å². The van der Waals surface area contributed by atoms with E-state index in [1.165, 1.54) is 7.11 Å². The van der Waals surface area contributed by atoms with Crippen molar-refractivity contribution in [1.82, 2.24) is 9.88 Å². The molecule has 88 valence electrons.